The van der Waals surface area contributed by atoms with Gasteiger partial charge in [0.1, 0.15) is 28.7 Å². The van der Waals surface area contributed by atoms with Gasteiger partial charge in [0.25, 0.3) is 5.56 Å². The molecule has 1 unspecified atom stereocenters. The minimum Gasteiger partial charge on any atom is -0.444 e. The molecule has 0 saturated carbocycles. The molecule has 12 heteroatoms. The first kappa shape index (κ1) is 29.1. The van der Waals surface area contributed by atoms with E-state index in [-0.39, 0.29) is 18.4 Å². The van der Waals surface area contributed by atoms with Crippen LogP contribution in [0.15, 0.2) is 39.9 Å². The largest absolute Gasteiger partial charge is 0.444 e. The van der Waals surface area contributed by atoms with E-state index in [1.54, 1.807) is 26.1 Å². The Morgan fingerprint density at radius 2 is 1.95 bits per heavy atom. The van der Waals surface area contributed by atoms with Gasteiger partial charge in [0, 0.05) is 38.6 Å². The van der Waals surface area contributed by atoms with Crippen molar-refractivity contribution < 1.29 is 13.9 Å². The Labute approximate surface area is 243 Å². The molecule has 1 saturated heterocycles. The normalized spacial score (nSPS) is 18.9. The number of alkyl carbamates (subject to hydrolysis) is 1. The summed E-state index contributed by atoms with van der Waals surface area (Å²) in [5.41, 5.74) is -0.888. The van der Waals surface area contributed by atoms with Gasteiger partial charge in [-0.2, -0.15) is 0 Å². The van der Waals surface area contributed by atoms with Crippen molar-refractivity contribution in [1.29, 1.82) is 0 Å². The van der Waals surface area contributed by atoms with Gasteiger partial charge in [0.05, 0.1) is 12.1 Å². The SMILES string of the molecule is CC#CCN1c2c(n(C)c(=O)n(-c3ccc4cc(F)ccc4n3)c2=O)N(C)C1N1CCC[C@@H](NC(=O)OC(C)(C)C)C1. The first-order valence-electron chi connectivity index (χ1n) is 13.9. The van der Waals surface area contributed by atoms with Crippen LogP contribution in [0.25, 0.3) is 16.7 Å². The van der Waals surface area contributed by atoms with Gasteiger partial charge in [-0.25, -0.2) is 23.5 Å². The van der Waals surface area contributed by atoms with E-state index in [1.165, 1.54) is 22.8 Å². The molecule has 222 valence electrons. The molecule has 0 bridgehead atoms. The lowest BCUT2D eigenvalue weighted by molar-refractivity contribution is 0.0456. The predicted molar refractivity (Wildman–Crippen MR) is 159 cm³/mol. The number of pyridine rings is 1. The van der Waals surface area contributed by atoms with Gasteiger partial charge in [-0.3, -0.25) is 14.3 Å². The minimum atomic E-state index is -0.609. The molecule has 2 aliphatic rings. The van der Waals surface area contributed by atoms with Crippen LogP contribution in [-0.4, -0.2) is 69.7 Å². The quantitative estimate of drug-likeness (QED) is 0.472. The summed E-state index contributed by atoms with van der Waals surface area (Å²) in [6.07, 6.45) is 0.712. The van der Waals surface area contributed by atoms with E-state index in [4.69, 9.17) is 4.74 Å². The van der Waals surface area contributed by atoms with Crippen LogP contribution in [0.5, 0.6) is 0 Å². The Kier molecular flexibility index (Phi) is 7.72. The van der Waals surface area contributed by atoms with Gasteiger partial charge >= 0.3 is 11.8 Å². The molecule has 42 heavy (non-hydrogen) atoms. The van der Waals surface area contributed by atoms with Crippen molar-refractivity contribution in [2.24, 2.45) is 7.05 Å². The Morgan fingerprint density at radius 1 is 1.19 bits per heavy atom. The molecule has 1 N–H and O–H groups in total. The van der Waals surface area contributed by atoms with E-state index < -0.39 is 35.1 Å². The van der Waals surface area contributed by atoms with Crippen molar-refractivity contribution >= 4 is 28.5 Å². The van der Waals surface area contributed by atoms with Crippen LogP contribution in [0.3, 0.4) is 0 Å². The number of anilines is 2. The van der Waals surface area contributed by atoms with Gasteiger partial charge < -0.3 is 19.9 Å². The van der Waals surface area contributed by atoms with Crippen molar-refractivity contribution in [3.05, 3.63) is 57.0 Å². The number of halogens is 1. The number of hydrogen-bond acceptors (Lipinski definition) is 8. The molecule has 5 rings (SSSR count). The highest BCUT2D eigenvalue weighted by Crippen LogP contribution is 2.37. The standard InChI is InChI=1S/C30H36FN7O4/c1-7-8-16-37-24-25(34(5)28(37)36-15-9-10-21(18-36)32-27(40)42-30(2,3)4)35(6)29(41)38(26(24)39)23-14-11-19-17-20(31)12-13-22(19)33-23/h11-14,17,21,28H,9-10,15-16,18H2,1-6H3,(H,32,40)/t21-,28?/m1/s1. The first-order chi connectivity index (χ1) is 19.9. The zero-order chi connectivity index (χ0) is 30.3. The smallest absolute Gasteiger partial charge is 0.407 e. The zero-order valence-electron chi connectivity index (χ0n) is 24.8. The number of amides is 1. The van der Waals surface area contributed by atoms with E-state index >= 15 is 0 Å². The molecule has 0 spiro atoms. The Bertz CT molecular complexity index is 1720. The van der Waals surface area contributed by atoms with E-state index in [2.05, 4.69) is 27.0 Å². The highest BCUT2D eigenvalue weighted by Gasteiger charge is 2.43. The molecule has 3 aromatic rings. The van der Waals surface area contributed by atoms with Crippen LogP contribution in [0.2, 0.25) is 0 Å². The zero-order valence-corrected chi connectivity index (χ0v) is 24.8. The topological polar surface area (TPSA) is 105 Å². The number of fused-ring (bicyclic) bond motifs is 2. The van der Waals surface area contributed by atoms with Crippen molar-refractivity contribution in [2.75, 3.05) is 36.5 Å². The van der Waals surface area contributed by atoms with Crippen molar-refractivity contribution in [1.82, 2.24) is 24.3 Å². The summed E-state index contributed by atoms with van der Waals surface area (Å²) in [6, 6.07) is 7.18. The monoisotopic (exact) mass is 577 g/mol. The number of hydrogen-bond donors (Lipinski definition) is 1. The van der Waals surface area contributed by atoms with Crippen LogP contribution in [0.1, 0.15) is 40.5 Å². The number of carbonyl (C=O) groups excluding carboxylic acids is 1. The summed E-state index contributed by atoms with van der Waals surface area (Å²) in [5, 5.41) is 3.54. The second-order valence-corrected chi connectivity index (χ2v) is 11.7. The van der Waals surface area contributed by atoms with Crippen molar-refractivity contribution in [2.45, 2.75) is 58.5 Å². The second kappa shape index (κ2) is 11.1. The lowest BCUT2D eigenvalue weighted by Gasteiger charge is -2.42. The summed E-state index contributed by atoms with van der Waals surface area (Å²) < 4.78 is 21.7. The third-order valence-corrected chi connectivity index (χ3v) is 7.45. The van der Waals surface area contributed by atoms with Crippen LogP contribution >= 0.6 is 0 Å². The first-order valence-corrected chi connectivity index (χ1v) is 13.9. The fourth-order valence-electron chi connectivity index (χ4n) is 5.76. The van der Waals surface area contributed by atoms with Crippen molar-refractivity contribution in [3.63, 3.8) is 0 Å². The summed E-state index contributed by atoms with van der Waals surface area (Å²) in [7, 11) is 3.47. The maximum Gasteiger partial charge on any atom is 0.407 e. The number of likely N-dealkylation sites (tertiary alicyclic amines) is 1. The Balaban J connectivity index is 1.54. The highest BCUT2D eigenvalue weighted by molar-refractivity contribution is 5.80. The maximum absolute atomic E-state index is 14.2. The van der Waals surface area contributed by atoms with Crippen LogP contribution in [-0.2, 0) is 11.8 Å². The molecule has 0 aliphatic carbocycles. The molecule has 11 nitrogen and oxygen atoms in total. The summed E-state index contributed by atoms with van der Waals surface area (Å²) in [5.74, 6) is 6.22. The van der Waals surface area contributed by atoms with E-state index in [0.717, 1.165) is 24.0 Å². The van der Waals surface area contributed by atoms with Gasteiger partial charge in [-0.05, 0) is 70.9 Å². The summed E-state index contributed by atoms with van der Waals surface area (Å²) in [4.78, 5) is 50.8. The van der Waals surface area contributed by atoms with Crippen LogP contribution in [0, 0.1) is 17.7 Å². The summed E-state index contributed by atoms with van der Waals surface area (Å²) >= 11 is 0. The summed E-state index contributed by atoms with van der Waals surface area (Å²) in [6.45, 7) is 8.68. The van der Waals surface area contributed by atoms with E-state index in [9.17, 15) is 18.8 Å². The molecule has 1 fully saturated rings. The minimum absolute atomic E-state index is 0.148. The Hall–Kier alpha value is -4.37. The number of rotatable bonds is 4. The molecule has 1 amide bonds. The van der Waals surface area contributed by atoms with E-state index in [0.29, 0.717) is 29.0 Å². The third-order valence-electron chi connectivity index (χ3n) is 7.45. The van der Waals surface area contributed by atoms with Crippen molar-refractivity contribution in [3.8, 4) is 17.7 Å². The average molecular weight is 578 g/mol. The van der Waals surface area contributed by atoms with E-state index in [1.807, 2.05) is 37.6 Å². The number of ether oxygens (including phenoxy) is 1. The molecule has 2 aromatic heterocycles. The molecule has 4 heterocycles. The molecule has 1 aromatic carbocycles. The number of carbonyl (C=O) groups is 1. The third kappa shape index (κ3) is 5.44. The predicted octanol–water partition coefficient (Wildman–Crippen LogP) is 2.78. The van der Waals surface area contributed by atoms with Gasteiger partial charge in [-0.15, -0.1) is 5.92 Å². The number of benzene rings is 1. The molecule has 2 atom stereocenters. The van der Waals surface area contributed by atoms with Crippen LogP contribution < -0.4 is 26.4 Å². The molecule has 0 radical (unpaired) electrons. The van der Waals surface area contributed by atoms with Gasteiger partial charge in [0.15, 0.2) is 6.29 Å². The highest BCUT2D eigenvalue weighted by atomic mass is 19.1. The lowest BCUT2D eigenvalue weighted by Crippen LogP contribution is -2.60. The maximum atomic E-state index is 14.2. The number of nitrogens with one attached hydrogen (secondary N) is 1. The number of aromatic nitrogens is 3. The van der Waals surface area contributed by atoms with Gasteiger partial charge in [0.2, 0.25) is 0 Å². The lowest BCUT2D eigenvalue weighted by atomic mass is 10.1. The second-order valence-electron chi connectivity index (χ2n) is 11.7. The Morgan fingerprint density at radius 3 is 2.67 bits per heavy atom. The van der Waals surface area contributed by atoms with Crippen LogP contribution in [0.4, 0.5) is 20.7 Å². The van der Waals surface area contributed by atoms with Gasteiger partial charge in [-0.1, -0.05) is 5.92 Å². The number of piperidine rings is 1. The molecular weight excluding hydrogens is 541 g/mol. The molecule has 2 aliphatic heterocycles. The number of nitrogens with zero attached hydrogens (tertiary/aromatic N) is 6. The fourth-order valence-corrected chi connectivity index (χ4v) is 5.76. The fraction of sp³-hybridized carbons (Fsp3) is 0.467. The average Bonchev–Trinajstić information content (AvgIpc) is 3.21. The molecular formula is C30H36FN7O4.